The van der Waals surface area contributed by atoms with E-state index in [0.717, 1.165) is 25.2 Å². The van der Waals surface area contributed by atoms with Crippen LogP contribution in [0.4, 0.5) is 0 Å². The molecule has 1 aromatic rings. The lowest BCUT2D eigenvalue weighted by Crippen LogP contribution is -2.21. The number of unbranched alkanes of at least 4 members (excludes halogenated alkanes) is 1. The smallest absolute Gasteiger partial charge is 0.119 e. The quantitative estimate of drug-likeness (QED) is 0.741. The van der Waals surface area contributed by atoms with E-state index in [-0.39, 0.29) is 0 Å². The van der Waals surface area contributed by atoms with E-state index < -0.39 is 0 Å². The van der Waals surface area contributed by atoms with Crippen molar-refractivity contribution in [1.29, 1.82) is 0 Å². The molecule has 1 N–H and O–H groups in total. The molecule has 2 heteroatoms. The van der Waals surface area contributed by atoms with Crippen molar-refractivity contribution in [2.75, 3.05) is 13.2 Å². The van der Waals surface area contributed by atoms with E-state index in [1.807, 2.05) is 30.3 Å². The predicted molar refractivity (Wildman–Crippen MR) is 66.5 cm³/mol. The van der Waals surface area contributed by atoms with Crippen molar-refractivity contribution in [3.05, 3.63) is 36.8 Å². The van der Waals surface area contributed by atoms with Gasteiger partial charge in [-0.2, -0.15) is 0 Å². The Bertz CT molecular complexity index is 280. The molecule has 1 radical (unpaired) electrons. The Hall–Kier alpha value is -1.02. The van der Waals surface area contributed by atoms with Crippen LogP contribution < -0.4 is 10.1 Å². The Kier molecular flexibility index (Phi) is 4.69. The molecule has 0 aliphatic carbocycles. The fourth-order valence-corrected chi connectivity index (χ4v) is 2.02. The summed E-state index contributed by atoms with van der Waals surface area (Å²) in [7, 11) is 0. The molecule has 0 amide bonds. The van der Waals surface area contributed by atoms with Crippen molar-refractivity contribution in [3.63, 3.8) is 0 Å². The third-order valence-electron chi connectivity index (χ3n) is 2.91. The molecule has 2 rings (SSSR count). The molecule has 1 atom stereocenters. The van der Waals surface area contributed by atoms with Crippen LogP contribution in [0.2, 0.25) is 0 Å². The van der Waals surface area contributed by atoms with Crippen LogP contribution in [0.15, 0.2) is 30.3 Å². The van der Waals surface area contributed by atoms with Crippen LogP contribution in [0.3, 0.4) is 0 Å². The first-order valence-corrected chi connectivity index (χ1v) is 6.20. The van der Waals surface area contributed by atoms with Crippen LogP contribution in [0.1, 0.15) is 25.7 Å². The lowest BCUT2D eigenvalue weighted by Gasteiger charge is -2.09. The Morgan fingerprint density at radius 1 is 1.31 bits per heavy atom. The molecule has 0 bridgehead atoms. The third-order valence-corrected chi connectivity index (χ3v) is 2.91. The van der Waals surface area contributed by atoms with Crippen LogP contribution in [0, 0.1) is 6.42 Å². The zero-order chi connectivity index (χ0) is 11.1. The van der Waals surface area contributed by atoms with Crippen molar-refractivity contribution < 1.29 is 4.74 Å². The van der Waals surface area contributed by atoms with Crippen molar-refractivity contribution in [3.8, 4) is 5.75 Å². The second-order valence-electron chi connectivity index (χ2n) is 4.24. The molecular formula is C14H20NO. The van der Waals surface area contributed by atoms with Crippen molar-refractivity contribution in [1.82, 2.24) is 5.32 Å². The molecule has 1 aliphatic rings. The van der Waals surface area contributed by atoms with Gasteiger partial charge in [0.2, 0.25) is 0 Å². The number of hydrogen-bond acceptors (Lipinski definition) is 2. The Balaban J connectivity index is 1.52. The van der Waals surface area contributed by atoms with E-state index in [2.05, 4.69) is 11.7 Å². The molecule has 0 aromatic heterocycles. The van der Waals surface area contributed by atoms with E-state index >= 15 is 0 Å². The lowest BCUT2D eigenvalue weighted by atomic mass is 10.1. The average Bonchev–Trinajstić information content (AvgIpc) is 2.83. The van der Waals surface area contributed by atoms with Crippen LogP contribution >= 0.6 is 0 Å². The number of rotatable bonds is 6. The van der Waals surface area contributed by atoms with Gasteiger partial charge in [-0.15, -0.1) is 0 Å². The van der Waals surface area contributed by atoms with E-state index in [0.29, 0.717) is 6.04 Å². The molecule has 16 heavy (non-hydrogen) atoms. The highest BCUT2D eigenvalue weighted by atomic mass is 16.5. The number of benzene rings is 1. The van der Waals surface area contributed by atoms with Crippen molar-refractivity contribution in [2.45, 2.75) is 31.7 Å². The molecule has 0 spiro atoms. The Morgan fingerprint density at radius 2 is 2.19 bits per heavy atom. The van der Waals surface area contributed by atoms with Crippen LogP contribution in [-0.2, 0) is 0 Å². The number of ether oxygens (including phenoxy) is 1. The van der Waals surface area contributed by atoms with E-state index in [4.69, 9.17) is 4.74 Å². The van der Waals surface area contributed by atoms with Gasteiger partial charge in [-0.1, -0.05) is 18.2 Å². The Labute approximate surface area is 98.0 Å². The van der Waals surface area contributed by atoms with Gasteiger partial charge >= 0.3 is 0 Å². The highest BCUT2D eigenvalue weighted by Crippen LogP contribution is 2.12. The highest BCUT2D eigenvalue weighted by Gasteiger charge is 2.12. The predicted octanol–water partition coefficient (Wildman–Crippen LogP) is 2.80. The molecule has 1 fully saturated rings. The summed E-state index contributed by atoms with van der Waals surface area (Å²) in [5.74, 6) is 0.974. The highest BCUT2D eigenvalue weighted by molar-refractivity contribution is 5.20. The molecule has 1 aliphatic heterocycles. The van der Waals surface area contributed by atoms with Gasteiger partial charge in [0.05, 0.1) is 6.61 Å². The Morgan fingerprint density at radius 3 is 2.94 bits per heavy atom. The van der Waals surface area contributed by atoms with Crippen LogP contribution in [0.5, 0.6) is 5.75 Å². The third kappa shape index (κ3) is 3.86. The molecule has 1 unspecified atom stereocenters. The molecule has 1 saturated heterocycles. The van der Waals surface area contributed by atoms with Crippen molar-refractivity contribution >= 4 is 0 Å². The van der Waals surface area contributed by atoms with Gasteiger partial charge in [0.25, 0.3) is 0 Å². The normalized spacial score (nSPS) is 19.9. The maximum atomic E-state index is 5.63. The van der Waals surface area contributed by atoms with Gasteiger partial charge in [-0.3, -0.25) is 0 Å². The fourth-order valence-electron chi connectivity index (χ4n) is 2.02. The van der Waals surface area contributed by atoms with E-state index in [9.17, 15) is 0 Å². The van der Waals surface area contributed by atoms with Gasteiger partial charge in [0, 0.05) is 6.04 Å². The summed E-state index contributed by atoms with van der Waals surface area (Å²) in [5.41, 5.74) is 0. The zero-order valence-electron chi connectivity index (χ0n) is 9.69. The first-order chi connectivity index (χ1) is 7.95. The summed E-state index contributed by atoms with van der Waals surface area (Å²) in [6.07, 6.45) is 7.26. The number of nitrogens with one attached hydrogen (secondary N) is 1. The summed E-state index contributed by atoms with van der Waals surface area (Å²) in [6, 6.07) is 10.7. The van der Waals surface area contributed by atoms with Crippen LogP contribution in [-0.4, -0.2) is 19.2 Å². The first kappa shape index (κ1) is 11.5. The summed E-state index contributed by atoms with van der Waals surface area (Å²) in [4.78, 5) is 0. The molecule has 0 saturated carbocycles. The standard InChI is InChI=1S/C14H20NO/c1-2-9-14(10-3-1)16-12-5-4-7-13-8-6-11-15-13/h1-3,7,9-10,13,15H,4-6,8,11-12H2. The summed E-state index contributed by atoms with van der Waals surface area (Å²) in [6.45, 7) is 1.99. The summed E-state index contributed by atoms with van der Waals surface area (Å²) in [5, 5.41) is 3.47. The van der Waals surface area contributed by atoms with Crippen molar-refractivity contribution in [2.24, 2.45) is 0 Å². The molecule has 1 heterocycles. The minimum absolute atomic E-state index is 0.650. The summed E-state index contributed by atoms with van der Waals surface area (Å²) >= 11 is 0. The second kappa shape index (κ2) is 6.54. The maximum Gasteiger partial charge on any atom is 0.119 e. The largest absolute Gasteiger partial charge is 0.494 e. The molecular weight excluding hydrogens is 198 g/mol. The number of para-hydroxylation sites is 1. The number of hydrogen-bond donors (Lipinski definition) is 1. The van der Waals surface area contributed by atoms with Gasteiger partial charge in [0.1, 0.15) is 5.75 Å². The minimum Gasteiger partial charge on any atom is -0.494 e. The minimum atomic E-state index is 0.650. The SMILES string of the molecule is [CH](CCCOc1ccccc1)C1CCCN1. The second-order valence-corrected chi connectivity index (χ2v) is 4.24. The van der Waals surface area contributed by atoms with Crippen LogP contribution in [0.25, 0.3) is 0 Å². The van der Waals surface area contributed by atoms with E-state index in [1.54, 1.807) is 0 Å². The first-order valence-electron chi connectivity index (χ1n) is 6.20. The zero-order valence-corrected chi connectivity index (χ0v) is 9.69. The van der Waals surface area contributed by atoms with E-state index in [1.165, 1.54) is 19.4 Å². The average molecular weight is 218 g/mol. The molecule has 2 nitrogen and oxygen atoms in total. The van der Waals surface area contributed by atoms with Gasteiger partial charge in [0.15, 0.2) is 0 Å². The summed E-state index contributed by atoms with van der Waals surface area (Å²) < 4.78 is 5.63. The van der Waals surface area contributed by atoms with Gasteiger partial charge in [-0.05, 0) is 50.8 Å². The molecule has 87 valence electrons. The van der Waals surface area contributed by atoms with Gasteiger partial charge in [-0.25, -0.2) is 0 Å². The fraction of sp³-hybridized carbons (Fsp3) is 0.500. The maximum absolute atomic E-state index is 5.63. The lowest BCUT2D eigenvalue weighted by molar-refractivity contribution is 0.309. The molecule has 1 aromatic carbocycles. The topological polar surface area (TPSA) is 21.3 Å². The van der Waals surface area contributed by atoms with Gasteiger partial charge < -0.3 is 10.1 Å². The monoisotopic (exact) mass is 218 g/mol.